The number of nitrogens with zero attached hydrogens (tertiary/aromatic N) is 3. The third-order valence-electron chi connectivity index (χ3n) is 5.98. The standard InChI is InChI=1S/C20H29ClN4O2/c1-20(2,3)27-19(26)25-10-12-8-14(9-13(12)11-25)22-18-16-7-5-4-6-15(16)17(21)23-24-18/h12-14H,4-11H2,1-3H3,(H,22,24)/t12-,13+,14?. The lowest BCUT2D eigenvalue weighted by Gasteiger charge is -2.26. The van der Waals surface area contributed by atoms with Crippen molar-refractivity contribution in [1.82, 2.24) is 15.1 Å². The number of nitrogens with one attached hydrogen (secondary N) is 1. The maximum Gasteiger partial charge on any atom is 0.410 e. The predicted molar refractivity (Wildman–Crippen MR) is 105 cm³/mol. The topological polar surface area (TPSA) is 67.3 Å². The Morgan fingerprint density at radius 1 is 1.11 bits per heavy atom. The number of hydrogen-bond acceptors (Lipinski definition) is 5. The summed E-state index contributed by atoms with van der Waals surface area (Å²) in [5.74, 6) is 1.99. The van der Waals surface area contributed by atoms with E-state index in [9.17, 15) is 4.79 Å². The lowest BCUT2D eigenvalue weighted by atomic mass is 9.93. The van der Waals surface area contributed by atoms with Gasteiger partial charge < -0.3 is 15.0 Å². The van der Waals surface area contributed by atoms with Gasteiger partial charge in [-0.2, -0.15) is 0 Å². The molecule has 0 aromatic carbocycles. The lowest BCUT2D eigenvalue weighted by molar-refractivity contribution is 0.0280. The molecule has 2 aliphatic carbocycles. The molecule has 27 heavy (non-hydrogen) atoms. The second-order valence-corrected chi connectivity index (χ2v) is 9.58. The van der Waals surface area contributed by atoms with Gasteiger partial charge in [0.15, 0.2) is 11.0 Å². The number of amides is 1. The molecular formula is C20H29ClN4O2. The van der Waals surface area contributed by atoms with Gasteiger partial charge in [-0.3, -0.25) is 0 Å². The molecule has 2 fully saturated rings. The van der Waals surface area contributed by atoms with Gasteiger partial charge in [0.25, 0.3) is 0 Å². The first-order chi connectivity index (χ1) is 12.8. The molecule has 0 spiro atoms. The van der Waals surface area contributed by atoms with E-state index < -0.39 is 5.60 Å². The lowest BCUT2D eigenvalue weighted by Crippen LogP contribution is -2.36. The molecule has 1 aromatic rings. The Balaban J connectivity index is 1.37. The second kappa shape index (κ2) is 7.12. The van der Waals surface area contributed by atoms with Crippen molar-refractivity contribution in [2.45, 2.75) is 70.9 Å². The number of likely N-dealkylation sites (tertiary alicyclic amines) is 1. The highest BCUT2D eigenvalue weighted by Crippen LogP contribution is 2.40. The van der Waals surface area contributed by atoms with Crippen molar-refractivity contribution in [3.63, 3.8) is 0 Å². The largest absolute Gasteiger partial charge is 0.444 e. The molecule has 6 nitrogen and oxygen atoms in total. The fourth-order valence-electron chi connectivity index (χ4n) is 4.81. The highest BCUT2D eigenvalue weighted by molar-refractivity contribution is 6.30. The Morgan fingerprint density at radius 3 is 2.37 bits per heavy atom. The van der Waals surface area contributed by atoms with Gasteiger partial charge in [-0.15, -0.1) is 10.2 Å². The van der Waals surface area contributed by atoms with Gasteiger partial charge in [0, 0.05) is 24.7 Å². The highest BCUT2D eigenvalue weighted by Gasteiger charge is 2.43. The first-order valence-electron chi connectivity index (χ1n) is 10.1. The number of ether oxygens (including phenoxy) is 1. The second-order valence-electron chi connectivity index (χ2n) is 9.22. The number of fused-ring (bicyclic) bond motifs is 2. The Labute approximate surface area is 166 Å². The highest BCUT2D eigenvalue weighted by atomic mass is 35.5. The van der Waals surface area contributed by atoms with Crippen LogP contribution in [0, 0.1) is 11.8 Å². The molecule has 1 saturated carbocycles. The first-order valence-corrected chi connectivity index (χ1v) is 10.5. The maximum atomic E-state index is 12.3. The van der Waals surface area contributed by atoms with Crippen molar-refractivity contribution in [2.24, 2.45) is 11.8 Å². The summed E-state index contributed by atoms with van der Waals surface area (Å²) in [5.41, 5.74) is 1.99. The molecule has 3 atom stereocenters. The van der Waals surface area contributed by atoms with E-state index in [1.54, 1.807) is 0 Å². The van der Waals surface area contributed by atoms with Crippen LogP contribution in [0.4, 0.5) is 10.6 Å². The molecule has 3 aliphatic rings. The summed E-state index contributed by atoms with van der Waals surface area (Å²) in [6.45, 7) is 7.32. The predicted octanol–water partition coefficient (Wildman–Crippen LogP) is 4.07. The zero-order valence-electron chi connectivity index (χ0n) is 16.4. The molecule has 1 amide bonds. The number of anilines is 1. The van der Waals surface area contributed by atoms with Crippen LogP contribution in [0.15, 0.2) is 0 Å². The van der Waals surface area contributed by atoms with Crippen LogP contribution in [0.2, 0.25) is 5.15 Å². The molecule has 148 valence electrons. The van der Waals surface area contributed by atoms with Crippen LogP contribution in [-0.4, -0.2) is 45.9 Å². The number of rotatable bonds is 2. The van der Waals surface area contributed by atoms with E-state index in [-0.39, 0.29) is 6.09 Å². The van der Waals surface area contributed by atoms with E-state index in [2.05, 4.69) is 15.5 Å². The van der Waals surface area contributed by atoms with Crippen LogP contribution < -0.4 is 5.32 Å². The minimum atomic E-state index is -0.439. The van der Waals surface area contributed by atoms with Crippen LogP contribution in [0.3, 0.4) is 0 Å². The van der Waals surface area contributed by atoms with Crippen LogP contribution in [0.25, 0.3) is 0 Å². The number of carbonyl (C=O) groups excluding carboxylic acids is 1. The Hall–Kier alpha value is -1.56. The Morgan fingerprint density at radius 2 is 1.74 bits per heavy atom. The summed E-state index contributed by atoms with van der Waals surface area (Å²) in [5, 5.41) is 12.7. The van der Waals surface area contributed by atoms with Crippen LogP contribution in [0.1, 0.15) is 57.6 Å². The first kappa shape index (κ1) is 18.8. The van der Waals surface area contributed by atoms with E-state index in [1.165, 1.54) is 24.0 Å². The van der Waals surface area contributed by atoms with Crippen molar-refractivity contribution in [3.05, 3.63) is 16.3 Å². The minimum Gasteiger partial charge on any atom is -0.444 e. The average Bonchev–Trinajstić information content (AvgIpc) is 3.15. The number of aromatic nitrogens is 2. The van der Waals surface area contributed by atoms with Gasteiger partial charge >= 0.3 is 6.09 Å². The molecule has 1 N–H and O–H groups in total. The zero-order valence-corrected chi connectivity index (χ0v) is 17.2. The fraction of sp³-hybridized carbons (Fsp3) is 0.750. The van der Waals surface area contributed by atoms with Crippen LogP contribution >= 0.6 is 11.6 Å². The summed E-state index contributed by atoms with van der Waals surface area (Å²) in [4.78, 5) is 14.2. The summed E-state index contributed by atoms with van der Waals surface area (Å²) >= 11 is 6.25. The average molecular weight is 393 g/mol. The monoisotopic (exact) mass is 392 g/mol. The van der Waals surface area contributed by atoms with Crippen molar-refractivity contribution in [3.8, 4) is 0 Å². The summed E-state index contributed by atoms with van der Waals surface area (Å²) in [6.07, 6.45) is 6.32. The van der Waals surface area contributed by atoms with Gasteiger partial charge in [0.1, 0.15) is 5.60 Å². The zero-order chi connectivity index (χ0) is 19.2. The van der Waals surface area contributed by atoms with Gasteiger partial charge in [-0.05, 0) is 76.7 Å². The summed E-state index contributed by atoms with van der Waals surface area (Å²) in [6, 6.07) is 0.391. The van der Waals surface area contributed by atoms with Crippen molar-refractivity contribution in [1.29, 1.82) is 0 Å². The number of hydrogen-bond donors (Lipinski definition) is 1. The molecular weight excluding hydrogens is 364 g/mol. The molecule has 1 unspecified atom stereocenters. The molecule has 1 aromatic heterocycles. The van der Waals surface area contributed by atoms with E-state index in [4.69, 9.17) is 16.3 Å². The van der Waals surface area contributed by atoms with Gasteiger partial charge in [-0.1, -0.05) is 11.6 Å². The number of carbonyl (C=O) groups is 1. The van der Waals surface area contributed by atoms with E-state index >= 15 is 0 Å². The molecule has 4 rings (SSSR count). The summed E-state index contributed by atoms with van der Waals surface area (Å²) < 4.78 is 5.52. The van der Waals surface area contributed by atoms with Gasteiger partial charge in [-0.25, -0.2) is 4.79 Å². The van der Waals surface area contributed by atoms with Crippen molar-refractivity contribution in [2.75, 3.05) is 18.4 Å². The third-order valence-corrected chi connectivity index (χ3v) is 6.29. The molecule has 0 bridgehead atoms. The van der Waals surface area contributed by atoms with Crippen LogP contribution in [-0.2, 0) is 17.6 Å². The molecule has 7 heteroatoms. The van der Waals surface area contributed by atoms with E-state index in [1.807, 2.05) is 25.7 Å². The maximum absolute atomic E-state index is 12.3. The van der Waals surface area contributed by atoms with E-state index in [0.29, 0.717) is 23.0 Å². The normalized spacial score (nSPS) is 27.3. The van der Waals surface area contributed by atoms with Crippen molar-refractivity contribution >= 4 is 23.5 Å². The Bertz CT molecular complexity index is 719. The minimum absolute atomic E-state index is 0.181. The molecule has 2 heterocycles. The smallest absolute Gasteiger partial charge is 0.410 e. The van der Waals surface area contributed by atoms with Gasteiger partial charge in [0.2, 0.25) is 0 Å². The fourth-order valence-corrected chi connectivity index (χ4v) is 5.06. The SMILES string of the molecule is CC(C)(C)OC(=O)N1C[C@H]2CC(Nc3nnc(Cl)c4c3CCCC4)C[C@H]2C1. The van der Waals surface area contributed by atoms with Crippen LogP contribution in [0.5, 0.6) is 0 Å². The Kier molecular flexibility index (Phi) is 4.95. The van der Waals surface area contributed by atoms with Crippen molar-refractivity contribution < 1.29 is 9.53 Å². The summed E-state index contributed by atoms with van der Waals surface area (Å²) in [7, 11) is 0. The molecule has 1 saturated heterocycles. The van der Waals surface area contributed by atoms with Gasteiger partial charge in [0.05, 0.1) is 0 Å². The quantitative estimate of drug-likeness (QED) is 0.821. The third kappa shape index (κ3) is 4.00. The molecule has 0 radical (unpaired) electrons. The molecule has 1 aliphatic heterocycles. The van der Waals surface area contributed by atoms with E-state index in [0.717, 1.165) is 44.6 Å². The number of halogens is 1.